The second-order valence-corrected chi connectivity index (χ2v) is 10.2. The van der Waals surface area contributed by atoms with Gasteiger partial charge in [-0.25, -0.2) is 4.39 Å². The van der Waals surface area contributed by atoms with Gasteiger partial charge in [0.1, 0.15) is 5.82 Å². The highest BCUT2D eigenvalue weighted by atomic mass is 19.1. The SMILES string of the molecule is C=C.C=CC(CCCC)C1=CN2c3c(cc(F)c(N4CCN(C)CC4)c3CCC2C)C1=C.CCCC. The van der Waals surface area contributed by atoms with E-state index in [1.165, 1.54) is 29.7 Å². The minimum atomic E-state index is -0.0890. The molecule has 0 aliphatic carbocycles. The number of nitrogens with zero attached hydrogens (tertiary/aromatic N) is 3. The number of halogens is 1. The van der Waals surface area contributed by atoms with Crippen molar-refractivity contribution in [2.24, 2.45) is 5.92 Å². The maximum Gasteiger partial charge on any atom is 0.147 e. The Morgan fingerprint density at radius 2 is 1.69 bits per heavy atom. The van der Waals surface area contributed by atoms with Gasteiger partial charge in [0.05, 0.1) is 11.4 Å². The zero-order valence-electron chi connectivity index (χ0n) is 23.7. The van der Waals surface area contributed by atoms with Crippen molar-refractivity contribution in [1.29, 1.82) is 0 Å². The Kier molecular flexibility index (Phi) is 12.0. The minimum Gasteiger partial charge on any atom is -0.366 e. The number of rotatable bonds is 7. The number of hydrogen-bond acceptors (Lipinski definition) is 3. The molecule has 3 heterocycles. The lowest BCUT2D eigenvalue weighted by atomic mass is 9.80. The molecule has 4 heteroatoms. The van der Waals surface area contributed by atoms with Crippen molar-refractivity contribution in [3.63, 3.8) is 0 Å². The standard InChI is InChI=1S/C26H36FN3.C4H10.C2H4/c1-6-8-9-20(7-2)23-17-30-18(3)10-11-21-25(30)22(19(23)4)16-24(27)26(21)29-14-12-28(5)13-15-29;1-3-4-2;1-2/h7,16-18,20H,2,4,6,8-15H2,1,3,5H3;3-4H2,1-2H3;1-2H2. The van der Waals surface area contributed by atoms with Crippen molar-refractivity contribution < 1.29 is 4.39 Å². The van der Waals surface area contributed by atoms with Crippen molar-refractivity contribution in [2.45, 2.75) is 78.7 Å². The molecule has 3 aliphatic heterocycles. The van der Waals surface area contributed by atoms with Crippen LogP contribution in [0.3, 0.4) is 0 Å². The Hall–Kier alpha value is -2.33. The van der Waals surface area contributed by atoms with Gasteiger partial charge >= 0.3 is 0 Å². The maximum atomic E-state index is 15.6. The number of anilines is 2. The van der Waals surface area contributed by atoms with E-state index in [4.69, 9.17) is 0 Å². The molecule has 0 N–H and O–H groups in total. The summed E-state index contributed by atoms with van der Waals surface area (Å²) in [5.41, 5.74) is 6.35. The number of hydrogen-bond donors (Lipinski definition) is 0. The van der Waals surface area contributed by atoms with Crippen LogP contribution in [-0.4, -0.2) is 44.2 Å². The predicted molar refractivity (Wildman–Crippen MR) is 159 cm³/mol. The summed E-state index contributed by atoms with van der Waals surface area (Å²) >= 11 is 0. The summed E-state index contributed by atoms with van der Waals surface area (Å²) in [6, 6.07) is 2.16. The minimum absolute atomic E-state index is 0.0890. The Balaban J connectivity index is 0.000000694. The molecular weight excluding hydrogens is 445 g/mol. The molecule has 1 aromatic carbocycles. The summed E-state index contributed by atoms with van der Waals surface area (Å²) in [4.78, 5) is 6.98. The highest BCUT2D eigenvalue weighted by molar-refractivity contribution is 5.93. The molecule has 0 bridgehead atoms. The van der Waals surface area contributed by atoms with Gasteiger partial charge in [0.15, 0.2) is 0 Å². The summed E-state index contributed by atoms with van der Waals surface area (Å²) in [5, 5.41) is 0. The highest BCUT2D eigenvalue weighted by Crippen LogP contribution is 2.49. The number of piperazine rings is 1. The largest absolute Gasteiger partial charge is 0.366 e. The third-order valence-corrected chi connectivity index (χ3v) is 7.69. The molecule has 1 saturated heterocycles. The van der Waals surface area contributed by atoms with Gasteiger partial charge in [-0.2, -0.15) is 0 Å². The van der Waals surface area contributed by atoms with E-state index in [1.807, 2.05) is 6.08 Å². The fourth-order valence-electron chi connectivity index (χ4n) is 5.25. The van der Waals surface area contributed by atoms with E-state index in [-0.39, 0.29) is 11.7 Å². The average molecular weight is 496 g/mol. The fourth-order valence-corrected chi connectivity index (χ4v) is 5.25. The van der Waals surface area contributed by atoms with Crippen molar-refractivity contribution in [2.75, 3.05) is 43.0 Å². The third kappa shape index (κ3) is 6.51. The van der Waals surface area contributed by atoms with Crippen LogP contribution in [0.1, 0.15) is 77.3 Å². The molecule has 3 nitrogen and oxygen atoms in total. The van der Waals surface area contributed by atoms with E-state index in [0.717, 1.165) is 75.1 Å². The molecule has 3 aliphatic rings. The van der Waals surface area contributed by atoms with Crippen LogP contribution in [0.2, 0.25) is 0 Å². The van der Waals surface area contributed by atoms with Crippen LogP contribution in [-0.2, 0) is 6.42 Å². The van der Waals surface area contributed by atoms with Gasteiger partial charge in [0.25, 0.3) is 0 Å². The first kappa shape index (κ1) is 29.9. The Labute approximate surface area is 221 Å². The summed E-state index contributed by atoms with van der Waals surface area (Å²) in [5.74, 6) is 0.178. The van der Waals surface area contributed by atoms with Gasteiger partial charge in [-0.15, -0.1) is 19.7 Å². The second kappa shape index (κ2) is 14.4. The van der Waals surface area contributed by atoms with E-state index in [2.05, 4.69) is 82.0 Å². The van der Waals surface area contributed by atoms with Crippen molar-refractivity contribution in [3.8, 4) is 0 Å². The number of likely N-dealkylation sites (N-methyl/N-ethyl adjacent to an activating group) is 1. The first-order chi connectivity index (χ1) is 17.4. The van der Waals surface area contributed by atoms with Gasteiger partial charge in [-0.05, 0) is 50.4 Å². The summed E-state index contributed by atoms with van der Waals surface area (Å²) in [7, 11) is 2.14. The van der Waals surface area contributed by atoms with Crippen LogP contribution in [0.15, 0.2) is 50.2 Å². The van der Waals surface area contributed by atoms with Crippen molar-refractivity contribution in [3.05, 3.63) is 67.2 Å². The second-order valence-electron chi connectivity index (χ2n) is 10.2. The third-order valence-electron chi connectivity index (χ3n) is 7.69. The lowest BCUT2D eigenvalue weighted by Crippen LogP contribution is -2.46. The molecule has 2 unspecified atom stereocenters. The summed E-state index contributed by atoms with van der Waals surface area (Å²) in [6.07, 6.45) is 12.3. The molecule has 200 valence electrons. The van der Waals surface area contributed by atoms with Crippen molar-refractivity contribution in [1.82, 2.24) is 4.90 Å². The van der Waals surface area contributed by atoms with E-state index >= 15 is 4.39 Å². The monoisotopic (exact) mass is 495 g/mol. The van der Waals surface area contributed by atoms with Gasteiger partial charge in [0.2, 0.25) is 0 Å². The molecule has 36 heavy (non-hydrogen) atoms. The molecular formula is C32H50FN3. The average Bonchev–Trinajstić information content (AvgIpc) is 2.90. The Bertz CT molecular complexity index is 908. The van der Waals surface area contributed by atoms with Crippen LogP contribution in [0, 0.1) is 11.7 Å². The molecule has 0 saturated carbocycles. The molecule has 1 fully saturated rings. The first-order valence-corrected chi connectivity index (χ1v) is 14.0. The van der Waals surface area contributed by atoms with Crippen LogP contribution in [0.4, 0.5) is 15.8 Å². The molecule has 0 amide bonds. The topological polar surface area (TPSA) is 9.72 Å². The van der Waals surface area contributed by atoms with Crippen LogP contribution < -0.4 is 9.80 Å². The lowest BCUT2D eigenvalue weighted by Gasteiger charge is -2.44. The quantitative estimate of drug-likeness (QED) is 0.353. The van der Waals surface area contributed by atoms with E-state index in [1.54, 1.807) is 6.07 Å². The van der Waals surface area contributed by atoms with E-state index in [9.17, 15) is 0 Å². The maximum absolute atomic E-state index is 15.6. The molecule has 4 rings (SSSR count). The van der Waals surface area contributed by atoms with Gasteiger partial charge in [0, 0.05) is 55.5 Å². The normalized spacial score (nSPS) is 19.8. The molecule has 0 spiro atoms. The Morgan fingerprint density at radius 3 is 2.25 bits per heavy atom. The summed E-state index contributed by atoms with van der Waals surface area (Å²) < 4.78 is 15.6. The zero-order valence-corrected chi connectivity index (χ0v) is 23.7. The summed E-state index contributed by atoms with van der Waals surface area (Å²) in [6.45, 7) is 27.1. The number of unbranched alkanes of at least 4 members (excludes halogenated alkanes) is 2. The van der Waals surface area contributed by atoms with Crippen LogP contribution in [0.5, 0.6) is 0 Å². The van der Waals surface area contributed by atoms with Crippen LogP contribution >= 0.6 is 0 Å². The van der Waals surface area contributed by atoms with Gasteiger partial charge in [-0.3, -0.25) is 0 Å². The predicted octanol–water partition coefficient (Wildman–Crippen LogP) is 8.23. The number of benzene rings is 1. The fraction of sp³-hybridized carbons (Fsp3) is 0.562. The van der Waals surface area contributed by atoms with Crippen LogP contribution in [0.25, 0.3) is 5.57 Å². The van der Waals surface area contributed by atoms with E-state index in [0.29, 0.717) is 6.04 Å². The number of allylic oxidation sites excluding steroid dienone is 3. The lowest BCUT2D eigenvalue weighted by molar-refractivity contribution is 0.311. The zero-order chi connectivity index (χ0) is 26.8. The smallest absolute Gasteiger partial charge is 0.147 e. The highest BCUT2D eigenvalue weighted by Gasteiger charge is 2.36. The van der Waals surface area contributed by atoms with E-state index < -0.39 is 0 Å². The Morgan fingerprint density at radius 1 is 1.06 bits per heavy atom. The molecule has 0 radical (unpaired) electrons. The molecule has 2 atom stereocenters. The van der Waals surface area contributed by atoms with Gasteiger partial charge in [-0.1, -0.05) is 59.1 Å². The molecule has 1 aromatic rings. The molecule has 0 aromatic heterocycles. The van der Waals surface area contributed by atoms with Crippen molar-refractivity contribution >= 4 is 16.9 Å². The van der Waals surface area contributed by atoms with Gasteiger partial charge < -0.3 is 14.7 Å². The first-order valence-electron chi connectivity index (χ1n) is 14.0.